The molecule has 1 heterocycles. The van der Waals surface area contributed by atoms with E-state index in [1.165, 1.54) is 23.7 Å². The summed E-state index contributed by atoms with van der Waals surface area (Å²) in [5.74, 6) is 0.744. The van der Waals surface area contributed by atoms with Gasteiger partial charge in [0, 0.05) is 45.7 Å². The monoisotopic (exact) mass is 458 g/mol. The Balaban J connectivity index is 1.55. The summed E-state index contributed by atoms with van der Waals surface area (Å²) >= 11 is 0. The van der Waals surface area contributed by atoms with Crippen LogP contribution in [0.4, 0.5) is 4.79 Å². The number of carbonyl (C=O) groups excluding carboxylic acids is 2. The molecule has 3 amide bonds. The standard InChI is InChI=1S/C25H39N4O2P/c1-26(2)22(30)10-15-28-18-24(29(23(28)31)17-19-8-9-19)11-13-25(14-12-24,27(3)4)20-6-5-7-21(32)16-20/h5-7,16,19H,8-15,17-18,32H2,1-4H3. The minimum atomic E-state index is -0.0983. The molecule has 2 aliphatic carbocycles. The molecule has 1 spiro atoms. The molecule has 1 aromatic rings. The van der Waals surface area contributed by atoms with Crippen molar-refractivity contribution in [3.8, 4) is 0 Å². The van der Waals surface area contributed by atoms with Crippen molar-refractivity contribution in [2.75, 3.05) is 47.8 Å². The molecular weight excluding hydrogens is 419 g/mol. The minimum absolute atomic E-state index is 0.000433. The number of rotatable bonds is 7. The van der Waals surface area contributed by atoms with Gasteiger partial charge in [-0.3, -0.25) is 9.69 Å². The third kappa shape index (κ3) is 4.41. The van der Waals surface area contributed by atoms with Crippen LogP contribution in [0.2, 0.25) is 0 Å². The fourth-order valence-corrected chi connectivity index (χ4v) is 6.01. The topological polar surface area (TPSA) is 47.1 Å². The van der Waals surface area contributed by atoms with Gasteiger partial charge in [0.25, 0.3) is 0 Å². The highest BCUT2D eigenvalue weighted by Crippen LogP contribution is 2.49. The molecule has 0 N–H and O–H groups in total. The molecule has 3 fully saturated rings. The van der Waals surface area contributed by atoms with E-state index in [1.807, 2.05) is 4.90 Å². The SMILES string of the molecule is CN(C)C(=O)CCN1CC2(CCC(c3cccc(P)c3)(N(C)C)CC2)N(CC2CC2)C1=O. The van der Waals surface area contributed by atoms with Crippen LogP contribution in [0.5, 0.6) is 0 Å². The molecule has 32 heavy (non-hydrogen) atoms. The second-order valence-corrected chi connectivity index (χ2v) is 11.2. The van der Waals surface area contributed by atoms with Crippen LogP contribution in [-0.4, -0.2) is 84.9 Å². The summed E-state index contributed by atoms with van der Waals surface area (Å²) in [6, 6.07) is 8.97. The molecule has 0 bridgehead atoms. The van der Waals surface area contributed by atoms with E-state index in [0.29, 0.717) is 18.9 Å². The molecule has 3 aliphatic rings. The summed E-state index contributed by atoms with van der Waals surface area (Å²) in [5.41, 5.74) is 1.27. The number of hydrogen-bond donors (Lipinski definition) is 0. The Morgan fingerprint density at radius 2 is 1.81 bits per heavy atom. The van der Waals surface area contributed by atoms with Crippen molar-refractivity contribution in [1.29, 1.82) is 0 Å². The summed E-state index contributed by atoms with van der Waals surface area (Å²) in [6.07, 6.45) is 6.95. The van der Waals surface area contributed by atoms with Crippen LogP contribution < -0.4 is 5.30 Å². The summed E-state index contributed by atoms with van der Waals surface area (Å²) in [7, 11) is 10.8. The predicted octanol–water partition coefficient (Wildman–Crippen LogP) is 2.88. The zero-order valence-electron chi connectivity index (χ0n) is 20.1. The van der Waals surface area contributed by atoms with Gasteiger partial charge in [-0.2, -0.15) is 0 Å². The summed E-state index contributed by atoms with van der Waals surface area (Å²) in [6.45, 7) is 2.16. The maximum atomic E-state index is 13.4. The van der Waals surface area contributed by atoms with E-state index in [9.17, 15) is 9.59 Å². The van der Waals surface area contributed by atoms with Crippen LogP contribution in [0, 0.1) is 5.92 Å². The fraction of sp³-hybridized carbons (Fsp3) is 0.680. The van der Waals surface area contributed by atoms with Crippen molar-refractivity contribution in [2.45, 2.75) is 56.0 Å². The highest BCUT2D eigenvalue weighted by molar-refractivity contribution is 7.27. The average Bonchev–Trinajstić information content (AvgIpc) is 3.54. The quantitative estimate of drug-likeness (QED) is 0.591. The fourth-order valence-electron chi connectivity index (χ4n) is 5.72. The van der Waals surface area contributed by atoms with Gasteiger partial charge in [0.1, 0.15) is 0 Å². The largest absolute Gasteiger partial charge is 0.349 e. The normalized spacial score (nSPS) is 28.1. The lowest BCUT2D eigenvalue weighted by molar-refractivity contribution is -0.128. The number of nitrogens with zero attached hydrogens (tertiary/aromatic N) is 4. The van der Waals surface area contributed by atoms with Gasteiger partial charge in [0.15, 0.2) is 0 Å². The van der Waals surface area contributed by atoms with Gasteiger partial charge in [-0.25, -0.2) is 4.79 Å². The molecule has 0 radical (unpaired) electrons. The average molecular weight is 459 g/mol. The molecule has 1 unspecified atom stereocenters. The molecule has 1 aliphatic heterocycles. The van der Waals surface area contributed by atoms with E-state index < -0.39 is 0 Å². The Morgan fingerprint density at radius 3 is 2.38 bits per heavy atom. The molecule has 1 atom stereocenters. The summed E-state index contributed by atoms with van der Waals surface area (Å²) in [4.78, 5) is 33.8. The molecule has 6 nitrogen and oxygen atoms in total. The first-order valence-electron chi connectivity index (χ1n) is 12.0. The molecule has 176 valence electrons. The number of hydrogen-bond acceptors (Lipinski definition) is 3. The van der Waals surface area contributed by atoms with Gasteiger partial charge in [-0.1, -0.05) is 18.2 Å². The van der Waals surface area contributed by atoms with Crippen molar-refractivity contribution in [1.82, 2.24) is 19.6 Å². The van der Waals surface area contributed by atoms with Gasteiger partial charge in [-0.15, -0.1) is 9.24 Å². The number of carbonyl (C=O) groups is 2. The molecule has 1 aromatic carbocycles. The van der Waals surface area contributed by atoms with Crippen LogP contribution in [0.15, 0.2) is 24.3 Å². The van der Waals surface area contributed by atoms with Crippen molar-refractivity contribution in [3.05, 3.63) is 29.8 Å². The van der Waals surface area contributed by atoms with Crippen LogP contribution in [0.3, 0.4) is 0 Å². The van der Waals surface area contributed by atoms with E-state index in [0.717, 1.165) is 38.8 Å². The van der Waals surface area contributed by atoms with Gasteiger partial charge in [0.2, 0.25) is 5.91 Å². The smallest absolute Gasteiger partial charge is 0.320 e. The molecule has 1 saturated heterocycles. The number of amides is 3. The third-order valence-corrected chi connectivity index (χ3v) is 8.44. The molecule has 0 aromatic heterocycles. The number of urea groups is 1. The summed E-state index contributed by atoms with van der Waals surface area (Å²) < 4.78 is 0. The van der Waals surface area contributed by atoms with E-state index in [2.05, 4.69) is 57.4 Å². The zero-order chi connectivity index (χ0) is 23.1. The molecular formula is C25H39N4O2P. The lowest BCUT2D eigenvalue weighted by Gasteiger charge is -2.51. The van der Waals surface area contributed by atoms with Crippen molar-refractivity contribution in [2.24, 2.45) is 5.92 Å². The first kappa shape index (κ1) is 23.5. The van der Waals surface area contributed by atoms with Gasteiger partial charge < -0.3 is 14.7 Å². The van der Waals surface area contributed by atoms with Gasteiger partial charge in [0.05, 0.1) is 5.54 Å². The second-order valence-electron chi connectivity index (χ2n) is 10.6. The van der Waals surface area contributed by atoms with E-state index >= 15 is 0 Å². The molecule has 7 heteroatoms. The Kier molecular flexibility index (Phi) is 6.57. The van der Waals surface area contributed by atoms with Gasteiger partial charge in [-0.05, 0) is 75.5 Å². The van der Waals surface area contributed by atoms with Crippen LogP contribution in [-0.2, 0) is 10.3 Å². The highest BCUT2D eigenvalue weighted by Gasteiger charge is 2.55. The Hall–Kier alpha value is -1.65. The first-order valence-corrected chi connectivity index (χ1v) is 12.5. The Morgan fingerprint density at radius 1 is 1.12 bits per heavy atom. The molecule has 2 saturated carbocycles. The highest BCUT2D eigenvalue weighted by atomic mass is 31.0. The van der Waals surface area contributed by atoms with E-state index in [-0.39, 0.29) is 23.0 Å². The lowest BCUT2D eigenvalue weighted by Crippen LogP contribution is -2.55. The summed E-state index contributed by atoms with van der Waals surface area (Å²) in [5, 5.41) is 1.21. The van der Waals surface area contributed by atoms with Crippen molar-refractivity contribution >= 4 is 26.5 Å². The Labute approximate surface area is 195 Å². The van der Waals surface area contributed by atoms with Gasteiger partial charge >= 0.3 is 6.03 Å². The zero-order valence-corrected chi connectivity index (χ0v) is 21.3. The maximum absolute atomic E-state index is 13.4. The third-order valence-electron chi connectivity index (χ3n) is 8.08. The minimum Gasteiger partial charge on any atom is -0.349 e. The maximum Gasteiger partial charge on any atom is 0.320 e. The second kappa shape index (κ2) is 8.95. The molecule has 4 rings (SSSR count). The Bertz CT molecular complexity index is 859. The predicted molar refractivity (Wildman–Crippen MR) is 132 cm³/mol. The van der Waals surface area contributed by atoms with Crippen LogP contribution in [0.25, 0.3) is 0 Å². The van der Waals surface area contributed by atoms with Crippen molar-refractivity contribution in [3.63, 3.8) is 0 Å². The van der Waals surface area contributed by atoms with Crippen LogP contribution in [0.1, 0.15) is 50.5 Å². The van der Waals surface area contributed by atoms with E-state index in [1.54, 1.807) is 19.0 Å². The van der Waals surface area contributed by atoms with Crippen LogP contribution >= 0.6 is 9.24 Å². The first-order chi connectivity index (χ1) is 15.2. The van der Waals surface area contributed by atoms with Crippen molar-refractivity contribution < 1.29 is 9.59 Å². The van der Waals surface area contributed by atoms with E-state index in [4.69, 9.17) is 0 Å². The lowest BCUT2D eigenvalue weighted by atomic mass is 9.68. The number of benzene rings is 1.